The van der Waals surface area contributed by atoms with Gasteiger partial charge in [-0.25, -0.2) is 4.98 Å². The highest BCUT2D eigenvalue weighted by Crippen LogP contribution is 2.56. The quantitative estimate of drug-likeness (QED) is 0.877. The molecule has 2 bridgehead atoms. The van der Waals surface area contributed by atoms with Gasteiger partial charge in [0, 0.05) is 12.1 Å². The molecule has 2 aromatic rings. The number of nitrogens with zero attached hydrogens (tertiary/aromatic N) is 1. The van der Waals surface area contributed by atoms with Crippen molar-refractivity contribution < 1.29 is 0 Å². The third-order valence-corrected chi connectivity index (χ3v) is 4.89. The van der Waals surface area contributed by atoms with Gasteiger partial charge in [0.2, 0.25) is 0 Å². The Kier molecular flexibility index (Phi) is 1.74. The van der Waals surface area contributed by atoms with Crippen LogP contribution in [0.5, 0.6) is 0 Å². The highest BCUT2D eigenvalue weighted by atomic mass is 32.1. The third kappa shape index (κ3) is 1.25. The molecule has 82 valence electrons. The summed E-state index contributed by atoms with van der Waals surface area (Å²) in [5.41, 5.74) is 4.97. The zero-order chi connectivity index (χ0) is 10.6. The van der Waals surface area contributed by atoms with Crippen molar-refractivity contribution in [1.29, 1.82) is 0 Å². The molecule has 1 N–H and O–H groups in total. The Morgan fingerprint density at radius 2 is 2.25 bits per heavy atom. The van der Waals surface area contributed by atoms with Crippen LogP contribution in [0.4, 0.5) is 0 Å². The molecule has 2 nitrogen and oxygen atoms in total. The average molecular weight is 230 g/mol. The van der Waals surface area contributed by atoms with Crippen molar-refractivity contribution in [2.24, 2.45) is 5.92 Å². The van der Waals surface area contributed by atoms with Crippen molar-refractivity contribution in [3.05, 3.63) is 29.3 Å². The van der Waals surface area contributed by atoms with Crippen LogP contribution in [0.25, 0.3) is 10.2 Å². The van der Waals surface area contributed by atoms with Crippen LogP contribution in [0.2, 0.25) is 0 Å². The van der Waals surface area contributed by atoms with Crippen LogP contribution in [-0.4, -0.2) is 10.5 Å². The standard InChI is InChI=1S/C13H14N2S/c1-2-11-12(16-8-14-11)3-9(1)7-15-13-4-10(5-13)6-13/h1-3,8,10,15H,4-7H2. The average Bonchev–Trinajstić information content (AvgIpc) is 2.60. The molecule has 3 fully saturated rings. The minimum Gasteiger partial charge on any atom is -0.307 e. The van der Waals surface area contributed by atoms with E-state index in [0.717, 1.165) is 18.0 Å². The van der Waals surface area contributed by atoms with Gasteiger partial charge in [-0.3, -0.25) is 0 Å². The van der Waals surface area contributed by atoms with Crippen LogP contribution in [0, 0.1) is 5.92 Å². The summed E-state index contributed by atoms with van der Waals surface area (Å²) in [6.45, 7) is 1.01. The molecular weight excluding hydrogens is 216 g/mol. The van der Waals surface area contributed by atoms with Gasteiger partial charge in [-0.05, 0) is 42.9 Å². The van der Waals surface area contributed by atoms with Gasteiger partial charge in [0.05, 0.1) is 15.7 Å². The predicted molar refractivity (Wildman–Crippen MR) is 66.5 cm³/mol. The molecule has 0 unspecified atom stereocenters. The van der Waals surface area contributed by atoms with Gasteiger partial charge in [-0.2, -0.15) is 0 Å². The van der Waals surface area contributed by atoms with Gasteiger partial charge in [0.1, 0.15) is 0 Å². The molecule has 16 heavy (non-hydrogen) atoms. The zero-order valence-electron chi connectivity index (χ0n) is 9.07. The van der Waals surface area contributed by atoms with E-state index in [1.54, 1.807) is 11.3 Å². The Balaban J connectivity index is 1.52. The van der Waals surface area contributed by atoms with Gasteiger partial charge in [0.25, 0.3) is 0 Å². The molecule has 0 aliphatic heterocycles. The number of thiazole rings is 1. The molecule has 3 aliphatic carbocycles. The van der Waals surface area contributed by atoms with Gasteiger partial charge >= 0.3 is 0 Å². The molecule has 3 saturated carbocycles. The van der Waals surface area contributed by atoms with Crippen molar-refractivity contribution in [3.63, 3.8) is 0 Å². The summed E-state index contributed by atoms with van der Waals surface area (Å²) in [7, 11) is 0. The number of nitrogens with one attached hydrogen (secondary N) is 1. The topological polar surface area (TPSA) is 24.9 Å². The molecule has 0 spiro atoms. The van der Waals surface area contributed by atoms with Crippen LogP contribution in [0.15, 0.2) is 23.7 Å². The Labute approximate surface area is 98.7 Å². The van der Waals surface area contributed by atoms with E-state index >= 15 is 0 Å². The molecule has 1 heterocycles. The monoisotopic (exact) mass is 230 g/mol. The lowest BCUT2D eigenvalue weighted by Gasteiger charge is -2.62. The minimum atomic E-state index is 0.535. The number of fused-ring (bicyclic) bond motifs is 1. The molecule has 1 aromatic heterocycles. The van der Waals surface area contributed by atoms with Crippen molar-refractivity contribution in [1.82, 2.24) is 10.3 Å². The van der Waals surface area contributed by atoms with E-state index in [2.05, 4.69) is 28.5 Å². The summed E-state index contributed by atoms with van der Waals surface area (Å²) in [5, 5.41) is 3.72. The summed E-state index contributed by atoms with van der Waals surface area (Å²) < 4.78 is 1.30. The molecule has 0 radical (unpaired) electrons. The SMILES string of the molecule is c1nc2ccc(CNC34CC(C3)C4)cc2s1. The molecule has 1 aromatic carbocycles. The van der Waals surface area contributed by atoms with E-state index in [1.165, 1.54) is 29.5 Å². The number of hydrogen-bond donors (Lipinski definition) is 1. The lowest BCUT2D eigenvalue weighted by atomic mass is 9.50. The fourth-order valence-corrected chi connectivity index (χ4v) is 3.73. The Hall–Kier alpha value is -0.930. The van der Waals surface area contributed by atoms with E-state index < -0.39 is 0 Å². The maximum atomic E-state index is 4.30. The summed E-state index contributed by atoms with van der Waals surface area (Å²) in [6, 6.07) is 6.59. The van der Waals surface area contributed by atoms with Crippen LogP contribution in [0.3, 0.4) is 0 Å². The van der Waals surface area contributed by atoms with Crippen molar-refractivity contribution in [2.75, 3.05) is 0 Å². The lowest BCUT2D eigenvalue weighted by Crippen LogP contribution is -2.66. The van der Waals surface area contributed by atoms with Gasteiger partial charge in [0.15, 0.2) is 0 Å². The highest BCUT2D eigenvalue weighted by molar-refractivity contribution is 7.16. The van der Waals surface area contributed by atoms with Gasteiger partial charge in [-0.15, -0.1) is 11.3 Å². The van der Waals surface area contributed by atoms with E-state index in [0.29, 0.717) is 5.54 Å². The third-order valence-electron chi connectivity index (χ3n) is 4.10. The van der Waals surface area contributed by atoms with Crippen LogP contribution in [-0.2, 0) is 6.54 Å². The maximum absolute atomic E-state index is 4.30. The Morgan fingerprint density at radius 3 is 3.00 bits per heavy atom. The fraction of sp³-hybridized carbons (Fsp3) is 0.462. The first-order chi connectivity index (χ1) is 7.83. The second-order valence-corrected chi connectivity index (χ2v) is 6.15. The van der Waals surface area contributed by atoms with Crippen molar-refractivity contribution >= 4 is 21.6 Å². The summed E-state index contributed by atoms with van der Waals surface area (Å²) in [5.74, 6) is 1.05. The first-order valence-corrected chi connectivity index (χ1v) is 6.78. The normalized spacial score (nSPS) is 31.1. The second-order valence-electron chi connectivity index (χ2n) is 5.27. The molecule has 0 atom stereocenters. The molecular formula is C13H14N2S. The summed E-state index contributed by atoms with van der Waals surface area (Å²) in [4.78, 5) is 4.30. The van der Waals surface area contributed by atoms with Crippen LogP contribution in [0.1, 0.15) is 24.8 Å². The molecule has 0 saturated heterocycles. The lowest BCUT2D eigenvalue weighted by molar-refractivity contribution is -0.0519. The number of rotatable bonds is 3. The highest BCUT2D eigenvalue weighted by Gasteiger charge is 2.55. The van der Waals surface area contributed by atoms with Crippen LogP contribution >= 0.6 is 11.3 Å². The molecule has 0 amide bonds. The van der Waals surface area contributed by atoms with Crippen molar-refractivity contribution in [2.45, 2.75) is 31.3 Å². The first-order valence-electron chi connectivity index (χ1n) is 5.90. The Bertz CT molecular complexity index is 529. The van der Waals surface area contributed by atoms with Crippen molar-refractivity contribution in [3.8, 4) is 0 Å². The van der Waals surface area contributed by atoms with E-state index in [9.17, 15) is 0 Å². The smallest absolute Gasteiger partial charge is 0.0812 e. The number of aromatic nitrogens is 1. The first kappa shape index (κ1) is 9.14. The molecule has 3 heteroatoms. The van der Waals surface area contributed by atoms with Gasteiger partial charge < -0.3 is 5.32 Å². The van der Waals surface area contributed by atoms with E-state index in [-0.39, 0.29) is 0 Å². The van der Waals surface area contributed by atoms with E-state index in [1.807, 2.05) is 5.51 Å². The van der Waals surface area contributed by atoms with E-state index in [4.69, 9.17) is 0 Å². The maximum Gasteiger partial charge on any atom is 0.0812 e. The fourth-order valence-electron chi connectivity index (χ4n) is 2.99. The summed E-state index contributed by atoms with van der Waals surface area (Å²) in [6.07, 6.45) is 4.24. The molecule has 5 rings (SSSR count). The number of hydrogen-bond acceptors (Lipinski definition) is 3. The van der Waals surface area contributed by atoms with Crippen LogP contribution < -0.4 is 5.32 Å². The van der Waals surface area contributed by atoms with Gasteiger partial charge in [-0.1, -0.05) is 6.07 Å². The number of benzene rings is 1. The Morgan fingerprint density at radius 1 is 1.38 bits per heavy atom. The second kappa shape index (κ2) is 3.05. The minimum absolute atomic E-state index is 0.535. The largest absolute Gasteiger partial charge is 0.307 e. The predicted octanol–water partition coefficient (Wildman–Crippen LogP) is 2.94. The zero-order valence-corrected chi connectivity index (χ0v) is 9.89. The molecule has 3 aliphatic rings. The summed E-state index contributed by atoms with van der Waals surface area (Å²) >= 11 is 1.73.